The molecule has 0 fully saturated rings. The number of anilines is 2. The molecule has 2 aromatic rings. The lowest BCUT2D eigenvalue weighted by atomic mass is 10.3. The van der Waals surface area contributed by atoms with Crippen molar-refractivity contribution in [3.63, 3.8) is 0 Å². The van der Waals surface area contributed by atoms with E-state index in [-0.39, 0.29) is 23.0 Å². The molecular weight excluding hydrogens is 300 g/mol. The van der Waals surface area contributed by atoms with Gasteiger partial charge in [-0.25, -0.2) is 8.42 Å². The van der Waals surface area contributed by atoms with Crippen molar-refractivity contribution in [3.8, 4) is 5.75 Å². The molecule has 3 N–H and O–H groups in total. The number of methoxy groups -OCH3 is 1. The van der Waals surface area contributed by atoms with Gasteiger partial charge in [-0.1, -0.05) is 12.1 Å². The van der Waals surface area contributed by atoms with Crippen LogP contribution in [0.5, 0.6) is 5.75 Å². The van der Waals surface area contributed by atoms with Gasteiger partial charge in [0.15, 0.2) is 0 Å². The van der Waals surface area contributed by atoms with Crippen LogP contribution in [0.3, 0.4) is 0 Å². The molecule has 0 amide bonds. The third-order valence-corrected chi connectivity index (χ3v) is 4.01. The summed E-state index contributed by atoms with van der Waals surface area (Å²) in [6.45, 7) is 0. The first-order chi connectivity index (χ1) is 9.03. The van der Waals surface area contributed by atoms with Crippen molar-refractivity contribution in [1.29, 1.82) is 0 Å². The molecule has 0 atom stereocenters. The Labute approximate surface area is 124 Å². The summed E-state index contributed by atoms with van der Waals surface area (Å²) in [5.74, 6) is 0.655. The molecule has 0 saturated carbocycles. The van der Waals surface area contributed by atoms with Gasteiger partial charge in [-0.15, -0.1) is 12.4 Å². The lowest BCUT2D eigenvalue weighted by Crippen LogP contribution is -2.14. The average molecular weight is 315 g/mol. The van der Waals surface area contributed by atoms with E-state index in [1.807, 2.05) is 0 Å². The number of ether oxygens (including phenoxy) is 1. The van der Waals surface area contributed by atoms with Crippen LogP contribution >= 0.6 is 12.4 Å². The molecule has 0 spiro atoms. The first-order valence-electron chi connectivity index (χ1n) is 5.54. The maximum atomic E-state index is 12.2. The third-order valence-electron chi connectivity index (χ3n) is 2.55. The highest BCUT2D eigenvalue weighted by atomic mass is 35.5. The molecule has 5 nitrogen and oxygen atoms in total. The van der Waals surface area contributed by atoms with Crippen molar-refractivity contribution in [2.45, 2.75) is 4.90 Å². The number of halogens is 1. The number of para-hydroxylation sites is 1. The van der Waals surface area contributed by atoms with E-state index in [2.05, 4.69) is 4.72 Å². The summed E-state index contributed by atoms with van der Waals surface area (Å²) in [5.41, 5.74) is 6.33. The van der Waals surface area contributed by atoms with Gasteiger partial charge in [0, 0.05) is 5.69 Å². The Morgan fingerprint density at radius 2 is 1.65 bits per heavy atom. The predicted molar refractivity (Wildman–Crippen MR) is 81.9 cm³/mol. The normalized spacial score (nSPS) is 10.4. The second-order valence-corrected chi connectivity index (χ2v) is 5.52. The Balaban J connectivity index is 0.00000200. The van der Waals surface area contributed by atoms with E-state index in [0.29, 0.717) is 11.4 Å². The Hall–Kier alpha value is -1.92. The van der Waals surface area contributed by atoms with Gasteiger partial charge in [-0.3, -0.25) is 4.72 Å². The first-order valence-corrected chi connectivity index (χ1v) is 7.02. The number of benzene rings is 2. The molecule has 0 saturated heterocycles. The summed E-state index contributed by atoms with van der Waals surface area (Å²) < 4.78 is 31.8. The summed E-state index contributed by atoms with van der Waals surface area (Å²) in [6.07, 6.45) is 0. The summed E-state index contributed by atoms with van der Waals surface area (Å²) in [5, 5.41) is 0. The summed E-state index contributed by atoms with van der Waals surface area (Å²) in [7, 11) is -2.13. The third kappa shape index (κ3) is 3.55. The van der Waals surface area contributed by atoms with Crippen LogP contribution in [0.25, 0.3) is 0 Å². The highest BCUT2D eigenvalue weighted by Gasteiger charge is 2.16. The van der Waals surface area contributed by atoms with Crippen LogP contribution < -0.4 is 15.2 Å². The zero-order chi connectivity index (χ0) is 13.9. The van der Waals surface area contributed by atoms with Crippen molar-refractivity contribution in [3.05, 3.63) is 48.5 Å². The second-order valence-electron chi connectivity index (χ2n) is 3.87. The average Bonchev–Trinajstić information content (AvgIpc) is 2.39. The van der Waals surface area contributed by atoms with Gasteiger partial charge >= 0.3 is 0 Å². The predicted octanol–water partition coefficient (Wildman–Crippen LogP) is 2.50. The van der Waals surface area contributed by atoms with Crippen LogP contribution in [-0.4, -0.2) is 15.5 Å². The maximum absolute atomic E-state index is 12.2. The SMILES string of the molecule is COc1ccc(NS(=O)(=O)c2ccccc2N)cc1.Cl. The first kappa shape index (κ1) is 16.1. The summed E-state index contributed by atoms with van der Waals surface area (Å²) in [4.78, 5) is 0.0609. The van der Waals surface area contributed by atoms with E-state index in [9.17, 15) is 8.42 Å². The number of hydrogen-bond donors (Lipinski definition) is 2. The Kier molecular flexibility index (Phi) is 5.24. The van der Waals surface area contributed by atoms with Crippen molar-refractivity contribution >= 4 is 33.8 Å². The molecule has 2 rings (SSSR count). The molecule has 0 bridgehead atoms. The molecule has 0 aliphatic rings. The number of rotatable bonds is 4. The van der Waals surface area contributed by atoms with E-state index in [4.69, 9.17) is 10.5 Å². The van der Waals surface area contributed by atoms with Crippen molar-refractivity contribution in [1.82, 2.24) is 0 Å². The quantitative estimate of drug-likeness (QED) is 0.850. The molecule has 2 aromatic carbocycles. The molecule has 0 aromatic heterocycles. The van der Waals surface area contributed by atoms with Crippen molar-refractivity contribution < 1.29 is 13.2 Å². The van der Waals surface area contributed by atoms with Crippen LogP contribution in [0.2, 0.25) is 0 Å². The van der Waals surface area contributed by atoms with Gasteiger partial charge in [0.2, 0.25) is 0 Å². The fourth-order valence-electron chi connectivity index (χ4n) is 1.59. The Bertz CT molecular complexity index is 672. The molecule has 0 aliphatic carbocycles. The number of nitrogens with two attached hydrogens (primary N) is 1. The zero-order valence-corrected chi connectivity index (χ0v) is 12.4. The van der Waals surface area contributed by atoms with E-state index in [0.717, 1.165) is 0 Å². The fourth-order valence-corrected chi connectivity index (χ4v) is 2.79. The van der Waals surface area contributed by atoms with Crippen molar-refractivity contribution in [2.75, 3.05) is 17.6 Å². The van der Waals surface area contributed by atoms with Crippen LogP contribution in [-0.2, 0) is 10.0 Å². The minimum absolute atomic E-state index is 0. The topological polar surface area (TPSA) is 81.4 Å². The van der Waals surface area contributed by atoms with Gasteiger partial charge in [-0.2, -0.15) is 0 Å². The highest BCUT2D eigenvalue weighted by molar-refractivity contribution is 7.92. The standard InChI is InChI=1S/C13H14N2O3S.ClH/c1-18-11-8-6-10(7-9-11)15-19(16,17)13-5-3-2-4-12(13)14;/h2-9,15H,14H2,1H3;1H. The second kappa shape index (κ2) is 6.49. The van der Waals surface area contributed by atoms with E-state index < -0.39 is 10.0 Å². The molecule has 108 valence electrons. The van der Waals surface area contributed by atoms with Crippen molar-refractivity contribution in [2.24, 2.45) is 0 Å². The lowest BCUT2D eigenvalue weighted by Gasteiger charge is -2.10. The van der Waals surface area contributed by atoms with E-state index >= 15 is 0 Å². The molecular formula is C13H15ClN2O3S. The zero-order valence-electron chi connectivity index (χ0n) is 10.7. The lowest BCUT2D eigenvalue weighted by molar-refractivity contribution is 0.415. The summed E-state index contributed by atoms with van der Waals surface area (Å²) >= 11 is 0. The van der Waals surface area contributed by atoms with E-state index in [1.54, 1.807) is 49.6 Å². The largest absolute Gasteiger partial charge is 0.497 e. The van der Waals surface area contributed by atoms with Gasteiger partial charge in [0.05, 0.1) is 12.8 Å². The van der Waals surface area contributed by atoms with E-state index in [1.165, 1.54) is 6.07 Å². The van der Waals surface area contributed by atoms with Gasteiger partial charge in [-0.05, 0) is 36.4 Å². The Morgan fingerprint density at radius 1 is 1.05 bits per heavy atom. The number of sulfonamides is 1. The molecule has 7 heteroatoms. The summed E-state index contributed by atoms with van der Waals surface area (Å²) in [6, 6.07) is 12.9. The minimum atomic E-state index is -3.68. The molecule has 0 unspecified atom stereocenters. The molecule has 0 heterocycles. The molecule has 20 heavy (non-hydrogen) atoms. The van der Waals surface area contributed by atoms with Gasteiger partial charge in [0.25, 0.3) is 10.0 Å². The van der Waals surface area contributed by atoms with Crippen LogP contribution in [0.1, 0.15) is 0 Å². The minimum Gasteiger partial charge on any atom is -0.497 e. The highest BCUT2D eigenvalue weighted by Crippen LogP contribution is 2.22. The van der Waals surface area contributed by atoms with Gasteiger partial charge in [0.1, 0.15) is 10.6 Å². The molecule has 0 aliphatic heterocycles. The monoisotopic (exact) mass is 314 g/mol. The van der Waals surface area contributed by atoms with Gasteiger partial charge < -0.3 is 10.5 Å². The fraction of sp³-hybridized carbons (Fsp3) is 0.0769. The number of nitrogen functional groups attached to an aromatic ring is 1. The molecule has 0 radical (unpaired) electrons. The Morgan fingerprint density at radius 3 is 2.20 bits per heavy atom. The number of nitrogens with one attached hydrogen (secondary N) is 1. The number of hydrogen-bond acceptors (Lipinski definition) is 4. The van der Waals surface area contributed by atoms with Crippen LogP contribution in [0, 0.1) is 0 Å². The van der Waals surface area contributed by atoms with Crippen LogP contribution in [0.4, 0.5) is 11.4 Å². The smallest absolute Gasteiger partial charge is 0.263 e. The van der Waals surface area contributed by atoms with Crippen LogP contribution in [0.15, 0.2) is 53.4 Å². The maximum Gasteiger partial charge on any atom is 0.263 e.